The van der Waals surface area contributed by atoms with Crippen molar-refractivity contribution >= 4 is 0 Å². The third-order valence-corrected chi connectivity index (χ3v) is 4.58. The minimum absolute atomic E-state index is 0.179. The van der Waals surface area contributed by atoms with E-state index in [4.69, 9.17) is 0 Å². The smallest absolute Gasteiger partial charge is 0.305 e. The fourth-order valence-corrected chi connectivity index (χ4v) is 3.20. The van der Waals surface area contributed by atoms with Gasteiger partial charge in [0.25, 0.3) is 5.56 Å². The summed E-state index contributed by atoms with van der Waals surface area (Å²) in [7, 11) is 0. The molecule has 1 aliphatic rings. The van der Waals surface area contributed by atoms with Crippen molar-refractivity contribution in [2.45, 2.75) is 25.7 Å². The van der Waals surface area contributed by atoms with E-state index in [1.807, 2.05) is 11.0 Å². The van der Waals surface area contributed by atoms with Crippen LogP contribution in [0.5, 0.6) is 0 Å². The van der Waals surface area contributed by atoms with Gasteiger partial charge >= 0.3 is 6.18 Å². The van der Waals surface area contributed by atoms with Gasteiger partial charge in [-0.3, -0.25) is 19.7 Å². The molecule has 1 N–H and O–H groups in total. The topological polar surface area (TPSA) is 74.8 Å². The number of halogens is 3. The highest BCUT2D eigenvalue weighted by molar-refractivity contribution is 5.49. The van der Waals surface area contributed by atoms with E-state index in [0.29, 0.717) is 54.4 Å². The van der Waals surface area contributed by atoms with E-state index in [2.05, 4.69) is 19.9 Å². The molecule has 0 saturated carbocycles. The molecule has 0 atom stereocenters. The molecular formula is C19H16F3N5O. The maximum absolute atomic E-state index is 12.6. The van der Waals surface area contributed by atoms with E-state index in [0.717, 1.165) is 6.07 Å². The minimum atomic E-state index is -4.45. The number of nitrogens with one attached hydrogen (secondary N) is 1. The first-order valence-electron chi connectivity index (χ1n) is 8.68. The van der Waals surface area contributed by atoms with Gasteiger partial charge in [-0.05, 0) is 30.2 Å². The molecule has 4 rings (SSSR count). The van der Waals surface area contributed by atoms with Gasteiger partial charge in [0, 0.05) is 37.6 Å². The van der Waals surface area contributed by atoms with Crippen LogP contribution in [0.1, 0.15) is 22.5 Å². The Bertz CT molecular complexity index is 1030. The summed E-state index contributed by atoms with van der Waals surface area (Å²) in [4.78, 5) is 29.5. The highest BCUT2D eigenvalue weighted by Gasteiger charge is 2.32. The number of H-pyrrole nitrogens is 1. The quantitative estimate of drug-likeness (QED) is 0.748. The van der Waals surface area contributed by atoms with Gasteiger partial charge in [-0.15, -0.1) is 0 Å². The number of hydrogen-bond acceptors (Lipinski definition) is 5. The second-order valence-corrected chi connectivity index (χ2v) is 6.56. The molecule has 0 amide bonds. The molecule has 0 bridgehead atoms. The van der Waals surface area contributed by atoms with Crippen LogP contribution in [0.2, 0.25) is 0 Å². The average Bonchev–Trinajstić information content (AvgIpc) is 2.68. The summed E-state index contributed by atoms with van der Waals surface area (Å²) in [6, 6.07) is 7.76. The molecule has 1 aliphatic heterocycles. The van der Waals surface area contributed by atoms with E-state index >= 15 is 0 Å². The van der Waals surface area contributed by atoms with Crippen LogP contribution >= 0.6 is 0 Å². The summed E-state index contributed by atoms with van der Waals surface area (Å²) < 4.78 is 37.9. The Morgan fingerprint density at radius 2 is 2.00 bits per heavy atom. The van der Waals surface area contributed by atoms with Crippen LogP contribution in [-0.2, 0) is 25.7 Å². The second-order valence-electron chi connectivity index (χ2n) is 6.56. The lowest BCUT2D eigenvalue weighted by Gasteiger charge is -2.27. The number of fused-ring (bicyclic) bond motifs is 1. The summed E-state index contributed by atoms with van der Waals surface area (Å²) in [6.45, 7) is 1.47. The molecule has 3 aromatic rings. The molecule has 0 aliphatic carbocycles. The predicted octanol–water partition coefficient (Wildman–Crippen LogP) is 2.80. The van der Waals surface area contributed by atoms with Crippen molar-refractivity contribution in [3.05, 3.63) is 75.6 Å². The lowest BCUT2D eigenvalue weighted by atomic mass is 10.1. The Kier molecular flexibility index (Phi) is 4.68. The zero-order chi connectivity index (χ0) is 19.7. The van der Waals surface area contributed by atoms with Crippen molar-refractivity contribution in [2.24, 2.45) is 0 Å². The van der Waals surface area contributed by atoms with E-state index < -0.39 is 11.9 Å². The largest absolute Gasteiger partial charge is 0.433 e. The molecule has 9 heteroatoms. The first-order valence-corrected chi connectivity index (χ1v) is 8.68. The highest BCUT2D eigenvalue weighted by Crippen LogP contribution is 2.27. The van der Waals surface area contributed by atoms with Crippen LogP contribution in [-0.4, -0.2) is 31.4 Å². The SMILES string of the molecule is O=c1[nH]c(-c2ccccn2)nc2c1CCN(Cc1ccc(C(F)(F)F)nc1)C2. The van der Waals surface area contributed by atoms with Gasteiger partial charge in [-0.25, -0.2) is 4.98 Å². The van der Waals surface area contributed by atoms with Gasteiger partial charge in [-0.2, -0.15) is 13.2 Å². The number of nitrogens with zero attached hydrogens (tertiary/aromatic N) is 4. The molecule has 0 spiro atoms. The molecule has 4 heterocycles. The van der Waals surface area contributed by atoms with Crippen LogP contribution in [0.15, 0.2) is 47.5 Å². The van der Waals surface area contributed by atoms with Crippen LogP contribution in [0.25, 0.3) is 11.5 Å². The lowest BCUT2D eigenvalue weighted by molar-refractivity contribution is -0.141. The fraction of sp³-hybridized carbons (Fsp3) is 0.263. The Labute approximate surface area is 158 Å². The Hall–Kier alpha value is -3.07. The standard InChI is InChI=1S/C19H16F3N5O/c20-19(21,22)16-5-4-12(9-24-16)10-27-8-6-13-15(11-27)25-17(26-18(13)28)14-3-1-2-7-23-14/h1-5,7,9H,6,8,10-11H2,(H,25,26,28). The molecule has 0 radical (unpaired) electrons. The third kappa shape index (κ3) is 3.79. The Morgan fingerprint density at radius 1 is 1.14 bits per heavy atom. The molecule has 6 nitrogen and oxygen atoms in total. The summed E-state index contributed by atoms with van der Waals surface area (Å²) in [5, 5.41) is 0. The predicted molar refractivity (Wildman–Crippen MR) is 95.1 cm³/mol. The average molecular weight is 387 g/mol. The Morgan fingerprint density at radius 3 is 2.68 bits per heavy atom. The van der Waals surface area contributed by atoms with Crippen molar-refractivity contribution < 1.29 is 13.2 Å². The second kappa shape index (κ2) is 7.16. The van der Waals surface area contributed by atoms with E-state index in [-0.39, 0.29) is 5.56 Å². The monoisotopic (exact) mass is 387 g/mol. The van der Waals surface area contributed by atoms with Gasteiger partial charge in [0.15, 0.2) is 5.82 Å². The zero-order valence-corrected chi connectivity index (χ0v) is 14.7. The summed E-state index contributed by atoms with van der Waals surface area (Å²) in [5.74, 6) is 0.405. The van der Waals surface area contributed by atoms with E-state index in [1.165, 1.54) is 12.3 Å². The van der Waals surface area contributed by atoms with E-state index in [9.17, 15) is 18.0 Å². The molecule has 3 aromatic heterocycles. The van der Waals surface area contributed by atoms with Gasteiger partial charge in [0.05, 0.1) is 5.69 Å². The molecule has 0 fully saturated rings. The number of rotatable bonds is 3. The normalized spacial score (nSPS) is 14.7. The first-order chi connectivity index (χ1) is 13.4. The maximum atomic E-state index is 12.6. The molecule has 28 heavy (non-hydrogen) atoms. The van der Waals surface area contributed by atoms with Crippen LogP contribution < -0.4 is 5.56 Å². The summed E-state index contributed by atoms with van der Waals surface area (Å²) in [6.07, 6.45) is -1.06. The number of pyridine rings is 2. The van der Waals surface area contributed by atoms with Gasteiger partial charge in [0.1, 0.15) is 11.4 Å². The molecule has 0 saturated heterocycles. The summed E-state index contributed by atoms with van der Waals surface area (Å²) >= 11 is 0. The van der Waals surface area contributed by atoms with Crippen molar-refractivity contribution in [2.75, 3.05) is 6.54 Å². The van der Waals surface area contributed by atoms with Crippen molar-refractivity contribution in [1.82, 2.24) is 24.8 Å². The lowest BCUT2D eigenvalue weighted by Crippen LogP contribution is -2.35. The zero-order valence-electron chi connectivity index (χ0n) is 14.7. The van der Waals surface area contributed by atoms with E-state index in [1.54, 1.807) is 18.3 Å². The number of alkyl halides is 3. The first kappa shape index (κ1) is 18.3. The van der Waals surface area contributed by atoms with Crippen molar-refractivity contribution in [3.63, 3.8) is 0 Å². The van der Waals surface area contributed by atoms with Crippen molar-refractivity contribution in [3.8, 4) is 11.5 Å². The highest BCUT2D eigenvalue weighted by atomic mass is 19.4. The number of hydrogen-bond donors (Lipinski definition) is 1. The van der Waals surface area contributed by atoms with Crippen molar-refractivity contribution in [1.29, 1.82) is 0 Å². The maximum Gasteiger partial charge on any atom is 0.433 e. The molecule has 0 unspecified atom stereocenters. The summed E-state index contributed by atoms with van der Waals surface area (Å²) in [5.41, 5.74) is 1.46. The van der Waals surface area contributed by atoms with Gasteiger partial charge in [-0.1, -0.05) is 12.1 Å². The minimum Gasteiger partial charge on any atom is -0.305 e. The fourth-order valence-electron chi connectivity index (χ4n) is 3.20. The van der Waals surface area contributed by atoms with Crippen LogP contribution in [0.3, 0.4) is 0 Å². The van der Waals surface area contributed by atoms with Gasteiger partial charge in [0.2, 0.25) is 0 Å². The molecule has 144 valence electrons. The number of aromatic amines is 1. The van der Waals surface area contributed by atoms with Crippen LogP contribution in [0, 0.1) is 0 Å². The van der Waals surface area contributed by atoms with Gasteiger partial charge < -0.3 is 4.98 Å². The molecule has 0 aromatic carbocycles. The number of aromatic nitrogens is 4. The van der Waals surface area contributed by atoms with Crippen LogP contribution in [0.4, 0.5) is 13.2 Å². The molecular weight excluding hydrogens is 371 g/mol. The Balaban J connectivity index is 1.54. The third-order valence-electron chi connectivity index (χ3n) is 4.58.